The van der Waals surface area contributed by atoms with Crippen LogP contribution in [-0.4, -0.2) is 49.2 Å². The lowest BCUT2D eigenvalue weighted by molar-refractivity contribution is 0.0553. The molecule has 0 unspecified atom stereocenters. The second-order valence-electron chi connectivity index (χ2n) is 9.44. The van der Waals surface area contributed by atoms with Gasteiger partial charge in [0.05, 0.1) is 40.2 Å². The Morgan fingerprint density at radius 3 is 2.61 bits per heavy atom. The maximum absolute atomic E-state index is 9.21. The van der Waals surface area contributed by atoms with Crippen molar-refractivity contribution in [2.45, 2.75) is 25.8 Å². The highest BCUT2D eigenvalue weighted by Gasteiger charge is 2.30. The summed E-state index contributed by atoms with van der Waals surface area (Å²) in [7, 11) is 1.91. The van der Waals surface area contributed by atoms with Crippen molar-refractivity contribution in [3.8, 4) is 11.3 Å². The molecule has 2 aromatic carbocycles. The molecule has 6 rings (SSSR count). The first-order valence-corrected chi connectivity index (χ1v) is 12.3. The number of pyridine rings is 1. The summed E-state index contributed by atoms with van der Waals surface area (Å²) >= 11 is 0. The Morgan fingerprint density at radius 1 is 1.08 bits per heavy atom. The van der Waals surface area contributed by atoms with Crippen LogP contribution in [0.15, 0.2) is 65.9 Å². The van der Waals surface area contributed by atoms with Crippen LogP contribution in [0.1, 0.15) is 35.7 Å². The molecule has 182 valence electrons. The minimum Gasteiger partial charge on any atom is -0.411 e. The van der Waals surface area contributed by atoms with Crippen LogP contribution in [0, 0.1) is 12.8 Å². The van der Waals surface area contributed by atoms with Crippen molar-refractivity contribution in [1.82, 2.24) is 24.5 Å². The summed E-state index contributed by atoms with van der Waals surface area (Å²) in [6.07, 6.45) is 5.34. The van der Waals surface area contributed by atoms with E-state index in [1.165, 1.54) is 11.8 Å². The van der Waals surface area contributed by atoms with E-state index in [-0.39, 0.29) is 6.04 Å². The van der Waals surface area contributed by atoms with E-state index in [4.69, 9.17) is 9.72 Å². The molecular weight excluding hydrogens is 452 g/mol. The second kappa shape index (κ2) is 9.20. The molecule has 0 bridgehead atoms. The van der Waals surface area contributed by atoms with Crippen LogP contribution in [0.3, 0.4) is 0 Å². The van der Waals surface area contributed by atoms with Crippen molar-refractivity contribution >= 4 is 28.2 Å². The Hall–Kier alpha value is -4.04. The fourth-order valence-corrected chi connectivity index (χ4v) is 5.67. The SMILES string of the molecule is Cc1nnn(C)c1-c1cnc2c3ccc(/C=N/O)cc3n([C@H](c3ccccc3)C3CCOCC3)c2c1. The summed E-state index contributed by atoms with van der Waals surface area (Å²) in [5, 5.41) is 22.0. The van der Waals surface area contributed by atoms with E-state index >= 15 is 0 Å². The molecule has 5 aromatic rings. The average molecular weight is 481 g/mol. The quantitative estimate of drug-likeness (QED) is 0.214. The number of oxime groups is 1. The molecule has 3 aromatic heterocycles. The lowest BCUT2D eigenvalue weighted by Crippen LogP contribution is -2.26. The normalized spacial score (nSPS) is 15.8. The van der Waals surface area contributed by atoms with Crippen LogP contribution in [0.2, 0.25) is 0 Å². The molecule has 4 heterocycles. The second-order valence-corrected chi connectivity index (χ2v) is 9.44. The molecular formula is C28H28N6O2. The van der Waals surface area contributed by atoms with E-state index in [0.29, 0.717) is 5.92 Å². The van der Waals surface area contributed by atoms with E-state index in [2.05, 4.69) is 68.6 Å². The molecule has 8 heteroatoms. The van der Waals surface area contributed by atoms with Crippen LogP contribution in [0.25, 0.3) is 33.2 Å². The standard InChI is InChI=1S/C28H28N6O2/c1-18-27(33(2)32-31-18)22-15-25-26(29-17-22)23-9-8-19(16-30-35)14-24(23)34(25)28(20-6-4-3-5-7-20)21-10-12-36-13-11-21/h3-9,14-17,21,28,35H,10-13H2,1-2H3/b30-16+/t28-/m1/s1. The average Bonchev–Trinajstić information content (AvgIpc) is 3.41. The van der Waals surface area contributed by atoms with Crippen molar-refractivity contribution in [2.24, 2.45) is 18.1 Å². The maximum Gasteiger partial charge on any atom is 0.0960 e. The Balaban J connectivity index is 1.68. The van der Waals surface area contributed by atoms with Gasteiger partial charge < -0.3 is 14.5 Å². The van der Waals surface area contributed by atoms with Crippen LogP contribution in [-0.2, 0) is 11.8 Å². The summed E-state index contributed by atoms with van der Waals surface area (Å²) in [6.45, 7) is 3.49. The lowest BCUT2D eigenvalue weighted by atomic mass is 9.86. The molecule has 36 heavy (non-hydrogen) atoms. The van der Waals surface area contributed by atoms with Gasteiger partial charge in [0.25, 0.3) is 0 Å². The molecule has 0 spiro atoms. The van der Waals surface area contributed by atoms with Gasteiger partial charge in [-0.1, -0.05) is 46.8 Å². The molecule has 0 amide bonds. The molecule has 1 atom stereocenters. The van der Waals surface area contributed by atoms with E-state index in [0.717, 1.165) is 70.5 Å². The highest BCUT2D eigenvalue weighted by atomic mass is 16.5. The number of aromatic nitrogens is 5. The molecule has 8 nitrogen and oxygen atoms in total. The minimum atomic E-state index is 0.0965. The summed E-state index contributed by atoms with van der Waals surface area (Å²) in [5.41, 5.74) is 7.96. The Labute approximate surface area is 208 Å². The number of fused-ring (bicyclic) bond motifs is 3. The summed E-state index contributed by atoms with van der Waals surface area (Å²) in [5.74, 6) is 0.402. The molecule has 1 saturated heterocycles. The van der Waals surface area contributed by atoms with Gasteiger partial charge >= 0.3 is 0 Å². The first-order valence-electron chi connectivity index (χ1n) is 12.3. The first-order chi connectivity index (χ1) is 17.7. The lowest BCUT2D eigenvalue weighted by Gasteiger charge is -2.33. The summed E-state index contributed by atoms with van der Waals surface area (Å²) in [6, 6.07) is 19.1. The number of hydrogen-bond donors (Lipinski definition) is 1. The van der Waals surface area contributed by atoms with Crippen molar-refractivity contribution in [3.63, 3.8) is 0 Å². The fourth-order valence-electron chi connectivity index (χ4n) is 5.67. The van der Waals surface area contributed by atoms with Gasteiger partial charge in [-0.15, -0.1) is 5.10 Å². The Bertz CT molecular complexity index is 1540. The van der Waals surface area contributed by atoms with Gasteiger partial charge in [0.1, 0.15) is 0 Å². The van der Waals surface area contributed by atoms with Crippen LogP contribution < -0.4 is 0 Å². The zero-order chi connectivity index (χ0) is 24.6. The maximum atomic E-state index is 9.21. The number of nitrogens with zero attached hydrogens (tertiary/aromatic N) is 6. The summed E-state index contributed by atoms with van der Waals surface area (Å²) in [4.78, 5) is 4.97. The number of aryl methyl sites for hydroxylation is 2. The number of rotatable bonds is 5. The predicted molar refractivity (Wildman–Crippen MR) is 139 cm³/mol. The van der Waals surface area contributed by atoms with Crippen molar-refractivity contribution in [2.75, 3.05) is 13.2 Å². The van der Waals surface area contributed by atoms with Gasteiger partial charge in [0.15, 0.2) is 0 Å². The number of ether oxygens (including phenoxy) is 1. The zero-order valence-electron chi connectivity index (χ0n) is 20.4. The van der Waals surface area contributed by atoms with Crippen molar-refractivity contribution in [3.05, 3.63) is 77.6 Å². The Kier molecular flexibility index (Phi) is 5.73. The minimum absolute atomic E-state index is 0.0965. The van der Waals surface area contributed by atoms with E-state index in [1.807, 2.05) is 26.2 Å². The predicted octanol–water partition coefficient (Wildman–Crippen LogP) is 5.12. The van der Waals surface area contributed by atoms with Crippen LogP contribution in [0.4, 0.5) is 0 Å². The van der Waals surface area contributed by atoms with Crippen molar-refractivity contribution < 1.29 is 9.94 Å². The molecule has 0 aliphatic carbocycles. The third-order valence-corrected chi connectivity index (χ3v) is 7.27. The van der Waals surface area contributed by atoms with Gasteiger partial charge in [-0.2, -0.15) is 0 Å². The van der Waals surface area contributed by atoms with Gasteiger partial charge in [-0.25, -0.2) is 4.68 Å². The van der Waals surface area contributed by atoms with E-state index in [9.17, 15) is 5.21 Å². The van der Waals surface area contributed by atoms with Gasteiger partial charge in [-0.3, -0.25) is 4.98 Å². The van der Waals surface area contributed by atoms with Gasteiger partial charge in [-0.05, 0) is 55.0 Å². The summed E-state index contributed by atoms with van der Waals surface area (Å²) < 4.78 is 9.97. The third-order valence-electron chi connectivity index (χ3n) is 7.27. The highest BCUT2D eigenvalue weighted by molar-refractivity contribution is 6.08. The highest BCUT2D eigenvalue weighted by Crippen LogP contribution is 2.41. The van der Waals surface area contributed by atoms with E-state index in [1.54, 1.807) is 4.68 Å². The monoisotopic (exact) mass is 480 g/mol. The largest absolute Gasteiger partial charge is 0.411 e. The van der Waals surface area contributed by atoms with Crippen LogP contribution in [0.5, 0.6) is 0 Å². The molecule has 0 saturated carbocycles. The molecule has 1 aliphatic heterocycles. The smallest absolute Gasteiger partial charge is 0.0960 e. The Morgan fingerprint density at radius 2 is 1.89 bits per heavy atom. The van der Waals surface area contributed by atoms with Crippen molar-refractivity contribution in [1.29, 1.82) is 0 Å². The van der Waals surface area contributed by atoms with Gasteiger partial charge in [0, 0.05) is 37.4 Å². The van der Waals surface area contributed by atoms with E-state index < -0.39 is 0 Å². The molecule has 1 N–H and O–H groups in total. The first kappa shape index (κ1) is 22.4. The number of benzene rings is 2. The van der Waals surface area contributed by atoms with Gasteiger partial charge in [0.2, 0.25) is 0 Å². The third kappa shape index (κ3) is 3.74. The van der Waals surface area contributed by atoms with Crippen LogP contribution >= 0.6 is 0 Å². The molecule has 1 fully saturated rings. The zero-order valence-corrected chi connectivity index (χ0v) is 20.4. The molecule has 0 radical (unpaired) electrons. The number of hydrogen-bond acceptors (Lipinski definition) is 6. The fraction of sp³-hybridized carbons (Fsp3) is 0.286. The molecule has 1 aliphatic rings. The topological polar surface area (TPSA) is 90.4 Å².